The molecule has 1 saturated heterocycles. The van der Waals surface area contributed by atoms with Gasteiger partial charge in [0.2, 0.25) is 0 Å². The molecule has 1 aromatic rings. The van der Waals surface area contributed by atoms with Crippen LogP contribution in [0.15, 0.2) is 30.3 Å². The summed E-state index contributed by atoms with van der Waals surface area (Å²) in [5, 5.41) is 0. The highest BCUT2D eigenvalue weighted by Gasteiger charge is 2.34. The van der Waals surface area contributed by atoms with Crippen LogP contribution in [-0.2, 0) is 6.54 Å². The van der Waals surface area contributed by atoms with Crippen molar-refractivity contribution in [1.29, 1.82) is 0 Å². The lowest BCUT2D eigenvalue weighted by molar-refractivity contribution is -0.0661. The molecule has 1 aliphatic heterocycles. The second-order valence-corrected chi connectivity index (χ2v) is 4.16. The van der Waals surface area contributed by atoms with Gasteiger partial charge in [0, 0.05) is 13.0 Å². The van der Waals surface area contributed by atoms with E-state index in [0.717, 1.165) is 12.1 Å². The average molecular weight is 211 g/mol. The molecule has 0 unspecified atom stereocenters. The molecule has 0 atom stereocenters. The number of alkyl halides is 2. The zero-order chi connectivity index (χ0) is 10.7. The number of hydrogen-bond acceptors (Lipinski definition) is 1. The van der Waals surface area contributed by atoms with Crippen LogP contribution >= 0.6 is 0 Å². The maximum Gasteiger partial charge on any atom is 0.260 e. The van der Waals surface area contributed by atoms with E-state index in [2.05, 4.69) is 0 Å². The Kier molecular flexibility index (Phi) is 3.00. The van der Waals surface area contributed by atoms with Crippen molar-refractivity contribution >= 4 is 0 Å². The van der Waals surface area contributed by atoms with Crippen LogP contribution in [0.4, 0.5) is 8.78 Å². The number of benzene rings is 1. The molecular weight excluding hydrogens is 196 g/mol. The summed E-state index contributed by atoms with van der Waals surface area (Å²) in [6.07, 6.45) is 0.637. The maximum absolute atomic E-state index is 13.1. The summed E-state index contributed by atoms with van der Waals surface area (Å²) in [4.78, 5) is 1.83. The Hall–Kier alpha value is -0.960. The van der Waals surface area contributed by atoms with E-state index in [-0.39, 0.29) is 13.0 Å². The number of nitrogens with zero attached hydrogens (tertiary/aromatic N) is 1. The Morgan fingerprint density at radius 1 is 1.20 bits per heavy atom. The predicted octanol–water partition coefficient (Wildman–Crippen LogP) is 2.92. The minimum absolute atomic E-state index is 0.0400. The van der Waals surface area contributed by atoms with E-state index in [9.17, 15) is 8.78 Å². The lowest BCUT2D eigenvalue weighted by Crippen LogP contribution is -2.41. The molecule has 0 spiro atoms. The van der Waals surface area contributed by atoms with E-state index in [0.29, 0.717) is 13.0 Å². The summed E-state index contributed by atoms with van der Waals surface area (Å²) in [5.74, 6) is -2.49. The number of rotatable bonds is 2. The summed E-state index contributed by atoms with van der Waals surface area (Å²) in [6, 6.07) is 9.78. The molecular formula is C12H15F2N. The van der Waals surface area contributed by atoms with E-state index in [1.165, 1.54) is 0 Å². The van der Waals surface area contributed by atoms with Crippen LogP contribution in [-0.4, -0.2) is 23.9 Å². The third kappa shape index (κ3) is 2.99. The normalized spacial score (nSPS) is 21.5. The van der Waals surface area contributed by atoms with Gasteiger partial charge in [-0.3, -0.25) is 4.90 Å². The van der Waals surface area contributed by atoms with Crippen molar-refractivity contribution in [3.63, 3.8) is 0 Å². The van der Waals surface area contributed by atoms with E-state index in [4.69, 9.17) is 0 Å². The summed E-state index contributed by atoms with van der Waals surface area (Å²) in [7, 11) is 0. The smallest absolute Gasteiger partial charge is 0.260 e. The van der Waals surface area contributed by atoms with Crippen molar-refractivity contribution in [3.05, 3.63) is 35.9 Å². The van der Waals surface area contributed by atoms with Gasteiger partial charge < -0.3 is 0 Å². The SMILES string of the molecule is FC1(F)CCCN(Cc2ccccc2)C1. The number of hydrogen-bond donors (Lipinski definition) is 0. The Bertz CT molecular complexity index is 311. The molecule has 2 rings (SSSR count). The molecule has 1 heterocycles. The molecule has 3 heteroatoms. The molecule has 15 heavy (non-hydrogen) atoms. The third-order valence-electron chi connectivity index (χ3n) is 2.72. The molecule has 1 fully saturated rings. The van der Waals surface area contributed by atoms with Crippen LogP contribution < -0.4 is 0 Å². The minimum Gasteiger partial charge on any atom is -0.293 e. The fourth-order valence-corrected chi connectivity index (χ4v) is 2.02. The zero-order valence-electron chi connectivity index (χ0n) is 8.63. The van der Waals surface area contributed by atoms with Crippen LogP contribution in [0, 0.1) is 0 Å². The average Bonchev–Trinajstić information content (AvgIpc) is 2.17. The Labute approximate surface area is 88.7 Å². The second kappa shape index (κ2) is 4.27. The molecule has 1 aromatic carbocycles. The van der Waals surface area contributed by atoms with Crippen LogP contribution in [0.2, 0.25) is 0 Å². The number of halogens is 2. The van der Waals surface area contributed by atoms with Gasteiger partial charge in [0.15, 0.2) is 0 Å². The first-order valence-corrected chi connectivity index (χ1v) is 5.30. The monoisotopic (exact) mass is 211 g/mol. The molecule has 0 amide bonds. The zero-order valence-corrected chi connectivity index (χ0v) is 8.63. The van der Waals surface area contributed by atoms with Crippen molar-refractivity contribution in [3.8, 4) is 0 Å². The number of piperidine rings is 1. The molecule has 0 aliphatic carbocycles. The molecule has 1 aliphatic rings. The van der Waals surface area contributed by atoms with Gasteiger partial charge in [-0.25, -0.2) is 8.78 Å². The highest BCUT2D eigenvalue weighted by atomic mass is 19.3. The maximum atomic E-state index is 13.1. The van der Waals surface area contributed by atoms with E-state index in [1.54, 1.807) is 0 Å². The standard InChI is InChI=1S/C12H15F2N/c13-12(14)7-4-8-15(10-12)9-11-5-2-1-3-6-11/h1-3,5-6H,4,7-10H2. The van der Waals surface area contributed by atoms with Gasteiger partial charge in [-0.15, -0.1) is 0 Å². The molecule has 0 aromatic heterocycles. The van der Waals surface area contributed by atoms with Gasteiger partial charge in [-0.2, -0.15) is 0 Å². The highest BCUT2D eigenvalue weighted by molar-refractivity contribution is 5.14. The highest BCUT2D eigenvalue weighted by Crippen LogP contribution is 2.27. The van der Waals surface area contributed by atoms with Gasteiger partial charge in [0.1, 0.15) is 0 Å². The van der Waals surface area contributed by atoms with Gasteiger partial charge in [0.05, 0.1) is 6.54 Å². The lowest BCUT2D eigenvalue weighted by atomic mass is 10.1. The van der Waals surface area contributed by atoms with Crippen molar-refractivity contribution in [2.75, 3.05) is 13.1 Å². The molecule has 1 nitrogen and oxygen atoms in total. The Balaban J connectivity index is 1.95. The third-order valence-corrected chi connectivity index (χ3v) is 2.72. The van der Waals surface area contributed by atoms with Crippen LogP contribution in [0.5, 0.6) is 0 Å². The topological polar surface area (TPSA) is 3.24 Å². The van der Waals surface area contributed by atoms with Crippen molar-refractivity contribution in [2.24, 2.45) is 0 Å². The van der Waals surface area contributed by atoms with E-state index < -0.39 is 5.92 Å². The largest absolute Gasteiger partial charge is 0.293 e. The fraction of sp³-hybridized carbons (Fsp3) is 0.500. The first-order valence-electron chi connectivity index (χ1n) is 5.30. The first-order chi connectivity index (χ1) is 7.16. The molecule has 0 N–H and O–H groups in total. The van der Waals surface area contributed by atoms with E-state index in [1.807, 2.05) is 35.2 Å². The van der Waals surface area contributed by atoms with Crippen molar-refractivity contribution < 1.29 is 8.78 Å². The minimum atomic E-state index is -2.49. The van der Waals surface area contributed by atoms with Gasteiger partial charge in [0.25, 0.3) is 5.92 Å². The molecule has 0 bridgehead atoms. The van der Waals surface area contributed by atoms with Crippen LogP contribution in [0.3, 0.4) is 0 Å². The quantitative estimate of drug-likeness (QED) is 0.727. The summed E-state index contributed by atoms with van der Waals surface area (Å²) < 4.78 is 26.2. The lowest BCUT2D eigenvalue weighted by Gasteiger charge is -2.32. The molecule has 0 saturated carbocycles. The van der Waals surface area contributed by atoms with Gasteiger partial charge in [-0.1, -0.05) is 30.3 Å². The van der Waals surface area contributed by atoms with Gasteiger partial charge in [-0.05, 0) is 18.5 Å². The van der Waals surface area contributed by atoms with Crippen LogP contribution in [0.1, 0.15) is 18.4 Å². The summed E-state index contributed by atoms with van der Waals surface area (Å²) in [5.41, 5.74) is 1.11. The fourth-order valence-electron chi connectivity index (χ4n) is 2.02. The summed E-state index contributed by atoms with van der Waals surface area (Å²) >= 11 is 0. The van der Waals surface area contributed by atoms with E-state index >= 15 is 0 Å². The predicted molar refractivity (Wildman–Crippen MR) is 55.9 cm³/mol. The van der Waals surface area contributed by atoms with Crippen molar-refractivity contribution in [1.82, 2.24) is 4.90 Å². The van der Waals surface area contributed by atoms with Gasteiger partial charge >= 0.3 is 0 Å². The van der Waals surface area contributed by atoms with Crippen molar-refractivity contribution in [2.45, 2.75) is 25.3 Å². The van der Waals surface area contributed by atoms with Crippen LogP contribution in [0.25, 0.3) is 0 Å². The Morgan fingerprint density at radius 3 is 2.60 bits per heavy atom. The summed E-state index contributed by atoms with van der Waals surface area (Å²) in [6.45, 7) is 1.32. The number of likely N-dealkylation sites (tertiary alicyclic amines) is 1. The first kappa shape index (κ1) is 10.6. The molecule has 82 valence electrons. The second-order valence-electron chi connectivity index (χ2n) is 4.16. The molecule has 0 radical (unpaired) electrons. The Morgan fingerprint density at radius 2 is 1.93 bits per heavy atom.